The third-order valence-electron chi connectivity index (χ3n) is 7.54. The number of phenolic OH excluding ortho intramolecular Hbond substituents is 1. The van der Waals surface area contributed by atoms with Gasteiger partial charge in [-0.05, 0) is 63.7 Å². The number of hydrazone groups is 1. The summed E-state index contributed by atoms with van der Waals surface area (Å²) in [5.74, 6) is -0.192. The molecule has 9 heteroatoms. The first-order valence-corrected chi connectivity index (χ1v) is 14.9. The lowest BCUT2D eigenvalue weighted by Gasteiger charge is -2.24. The molecule has 0 saturated heterocycles. The van der Waals surface area contributed by atoms with Crippen LogP contribution in [-0.2, 0) is 17.9 Å². The molecule has 0 saturated carbocycles. The van der Waals surface area contributed by atoms with Crippen LogP contribution < -0.4 is 10.2 Å². The van der Waals surface area contributed by atoms with Crippen molar-refractivity contribution in [3.63, 3.8) is 0 Å². The van der Waals surface area contributed by atoms with Crippen molar-refractivity contribution in [3.8, 4) is 11.5 Å². The van der Waals surface area contributed by atoms with Crippen LogP contribution in [0.2, 0.25) is 5.02 Å². The molecule has 5 aromatic carbocycles. The van der Waals surface area contributed by atoms with Gasteiger partial charge in [0.15, 0.2) is 6.61 Å². The molecule has 6 rings (SSSR count). The topological polar surface area (TPSA) is 104 Å². The van der Waals surface area contributed by atoms with Gasteiger partial charge in [-0.1, -0.05) is 84.4 Å². The molecule has 8 nitrogen and oxygen atoms in total. The Morgan fingerprint density at radius 3 is 2.46 bits per heavy atom. The highest BCUT2D eigenvalue weighted by Crippen LogP contribution is 2.29. The number of aromatic nitrogens is 1. The van der Waals surface area contributed by atoms with Gasteiger partial charge in [0.2, 0.25) is 0 Å². The van der Waals surface area contributed by atoms with Crippen molar-refractivity contribution in [1.29, 1.82) is 0 Å². The predicted molar refractivity (Wildman–Crippen MR) is 180 cm³/mol. The first-order valence-electron chi connectivity index (χ1n) is 14.6. The Balaban J connectivity index is 1.19. The van der Waals surface area contributed by atoms with E-state index in [1.807, 2.05) is 66.7 Å². The minimum absolute atomic E-state index is 0.0745. The van der Waals surface area contributed by atoms with Crippen LogP contribution in [0, 0.1) is 0 Å². The summed E-state index contributed by atoms with van der Waals surface area (Å²) in [7, 11) is 0. The SMILES string of the molecule is O=C(N/N=C/c1ccc(OCC(=O)N(Cc2cccnc2)Cc2cccc3ccccc23)c2ccccc12)c1ccc(O)c(Cl)c1. The van der Waals surface area contributed by atoms with E-state index in [0.29, 0.717) is 18.8 Å². The molecule has 0 atom stereocenters. The van der Waals surface area contributed by atoms with Crippen molar-refractivity contribution >= 4 is 51.2 Å². The number of rotatable bonds is 10. The van der Waals surface area contributed by atoms with Crippen molar-refractivity contribution in [1.82, 2.24) is 15.3 Å². The summed E-state index contributed by atoms with van der Waals surface area (Å²) >= 11 is 5.92. The molecule has 0 aliphatic rings. The zero-order chi connectivity index (χ0) is 31.9. The minimum atomic E-state index is -0.472. The zero-order valence-corrected chi connectivity index (χ0v) is 25.4. The fraction of sp³-hybridized carbons (Fsp3) is 0.0811. The van der Waals surface area contributed by atoms with Gasteiger partial charge in [-0.3, -0.25) is 14.6 Å². The van der Waals surface area contributed by atoms with Crippen molar-refractivity contribution in [2.45, 2.75) is 13.1 Å². The summed E-state index contributed by atoms with van der Waals surface area (Å²) in [5, 5.41) is 17.6. The highest BCUT2D eigenvalue weighted by molar-refractivity contribution is 6.32. The second kappa shape index (κ2) is 13.9. The maximum Gasteiger partial charge on any atom is 0.271 e. The number of pyridine rings is 1. The molecule has 0 fully saturated rings. The van der Waals surface area contributed by atoms with Crippen LogP contribution in [0.1, 0.15) is 27.0 Å². The number of aromatic hydroxyl groups is 1. The fourth-order valence-corrected chi connectivity index (χ4v) is 5.40. The standard InChI is InChI=1S/C37H29ClN4O4/c38-33-19-27(14-16-34(33)43)37(45)41-40-21-28-15-17-35(32-13-4-3-12-31(28)32)46-24-36(44)42(22-25-7-6-18-39-20-25)23-29-10-5-9-26-8-1-2-11-30(26)29/h1-21,43H,22-24H2,(H,41,45)/b40-21+. The Morgan fingerprint density at radius 2 is 1.65 bits per heavy atom. The van der Waals surface area contributed by atoms with E-state index >= 15 is 0 Å². The Kier molecular flexibility index (Phi) is 9.17. The number of nitrogens with zero attached hydrogens (tertiary/aromatic N) is 3. The van der Waals surface area contributed by atoms with Gasteiger partial charge in [0.25, 0.3) is 11.8 Å². The quantitative estimate of drug-likeness (QED) is 0.124. The fourth-order valence-electron chi connectivity index (χ4n) is 5.22. The van der Waals surface area contributed by atoms with Crippen LogP contribution in [0.25, 0.3) is 21.5 Å². The molecule has 0 radical (unpaired) electrons. The number of nitrogens with one attached hydrogen (secondary N) is 1. The highest BCUT2D eigenvalue weighted by atomic mass is 35.5. The number of carbonyl (C=O) groups is 2. The van der Waals surface area contributed by atoms with Crippen LogP contribution >= 0.6 is 11.6 Å². The monoisotopic (exact) mass is 628 g/mol. The van der Waals surface area contributed by atoms with Crippen molar-refractivity contribution < 1.29 is 19.4 Å². The van der Waals surface area contributed by atoms with Gasteiger partial charge < -0.3 is 14.7 Å². The second-order valence-electron chi connectivity index (χ2n) is 10.6. The Bertz CT molecular complexity index is 2060. The van der Waals surface area contributed by atoms with E-state index in [-0.39, 0.29) is 28.8 Å². The molecule has 0 spiro atoms. The molecule has 2 amide bonds. The van der Waals surface area contributed by atoms with E-state index in [9.17, 15) is 14.7 Å². The van der Waals surface area contributed by atoms with E-state index in [1.165, 1.54) is 24.4 Å². The summed E-state index contributed by atoms with van der Waals surface area (Å²) in [6, 6.07) is 33.4. The normalized spacial score (nSPS) is 11.2. The average Bonchev–Trinajstić information content (AvgIpc) is 3.09. The first-order chi connectivity index (χ1) is 22.5. The summed E-state index contributed by atoms with van der Waals surface area (Å²) < 4.78 is 6.15. The van der Waals surface area contributed by atoms with Crippen LogP contribution in [0.4, 0.5) is 0 Å². The molecule has 0 unspecified atom stereocenters. The molecule has 0 aliphatic carbocycles. The third kappa shape index (κ3) is 6.98. The minimum Gasteiger partial charge on any atom is -0.506 e. The van der Waals surface area contributed by atoms with Gasteiger partial charge in [-0.25, -0.2) is 5.43 Å². The lowest BCUT2D eigenvalue weighted by molar-refractivity contribution is -0.134. The molecular formula is C37H29ClN4O4. The summed E-state index contributed by atoms with van der Waals surface area (Å²) in [6.45, 7) is 0.641. The van der Waals surface area contributed by atoms with E-state index in [2.05, 4.69) is 33.7 Å². The third-order valence-corrected chi connectivity index (χ3v) is 7.84. The Morgan fingerprint density at radius 1 is 0.870 bits per heavy atom. The lowest BCUT2D eigenvalue weighted by Crippen LogP contribution is -2.34. The summed E-state index contributed by atoms with van der Waals surface area (Å²) in [6.07, 6.45) is 5.01. The van der Waals surface area contributed by atoms with Crippen LogP contribution in [0.5, 0.6) is 11.5 Å². The maximum absolute atomic E-state index is 13.7. The Labute approximate surface area is 270 Å². The van der Waals surface area contributed by atoms with Crippen LogP contribution in [-0.4, -0.2) is 39.6 Å². The number of benzene rings is 5. The van der Waals surface area contributed by atoms with E-state index < -0.39 is 5.91 Å². The second-order valence-corrected chi connectivity index (χ2v) is 11.0. The number of fused-ring (bicyclic) bond motifs is 2. The first kappa shape index (κ1) is 30.3. The van der Waals surface area contributed by atoms with Gasteiger partial charge >= 0.3 is 0 Å². The molecule has 228 valence electrons. The number of carbonyl (C=O) groups excluding carboxylic acids is 2. The lowest BCUT2D eigenvalue weighted by atomic mass is 10.0. The average molecular weight is 629 g/mol. The van der Waals surface area contributed by atoms with Crippen molar-refractivity contribution in [3.05, 3.63) is 149 Å². The zero-order valence-electron chi connectivity index (χ0n) is 24.6. The van der Waals surface area contributed by atoms with Crippen LogP contribution in [0.15, 0.2) is 127 Å². The number of hydrogen-bond acceptors (Lipinski definition) is 6. The molecule has 2 N–H and O–H groups in total. The predicted octanol–water partition coefficient (Wildman–Crippen LogP) is 7.12. The van der Waals surface area contributed by atoms with Gasteiger partial charge in [0.05, 0.1) is 11.2 Å². The summed E-state index contributed by atoms with van der Waals surface area (Å²) in [5.41, 5.74) is 5.45. The molecule has 1 heterocycles. The molecule has 46 heavy (non-hydrogen) atoms. The molecule has 6 aromatic rings. The van der Waals surface area contributed by atoms with E-state index in [4.69, 9.17) is 16.3 Å². The number of halogens is 1. The largest absolute Gasteiger partial charge is 0.506 e. The van der Waals surface area contributed by atoms with Crippen molar-refractivity contribution in [2.75, 3.05) is 6.61 Å². The molecule has 0 bridgehead atoms. The number of ether oxygens (including phenoxy) is 1. The van der Waals surface area contributed by atoms with Gasteiger partial charge in [0, 0.05) is 42.0 Å². The number of phenols is 1. The molecule has 0 aliphatic heterocycles. The van der Waals surface area contributed by atoms with Crippen LogP contribution in [0.3, 0.4) is 0 Å². The van der Waals surface area contributed by atoms with Crippen molar-refractivity contribution in [2.24, 2.45) is 5.10 Å². The number of amides is 2. The summed E-state index contributed by atoms with van der Waals surface area (Å²) in [4.78, 5) is 32.2. The molecular weight excluding hydrogens is 600 g/mol. The van der Waals surface area contributed by atoms with Gasteiger partial charge in [-0.2, -0.15) is 5.10 Å². The van der Waals surface area contributed by atoms with Gasteiger partial charge in [0.1, 0.15) is 11.5 Å². The highest BCUT2D eigenvalue weighted by Gasteiger charge is 2.18. The molecule has 1 aromatic heterocycles. The Hall–Kier alpha value is -5.73. The maximum atomic E-state index is 13.7. The number of hydrogen-bond donors (Lipinski definition) is 2. The smallest absolute Gasteiger partial charge is 0.271 e. The van der Waals surface area contributed by atoms with Gasteiger partial charge in [-0.15, -0.1) is 0 Å². The van der Waals surface area contributed by atoms with E-state index in [1.54, 1.807) is 23.4 Å². The van der Waals surface area contributed by atoms with E-state index in [0.717, 1.165) is 38.2 Å².